The Morgan fingerprint density at radius 1 is 1.24 bits per heavy atom. The van der Waals surface area contributed by atoms with Crippen LogP contribution in [0.15, 0.2) is 12.1 Å². The fourth-order valence-corrected chi connectivity index (χ4v) is 1.95. The maximum atomic E-state index is 12.7. The number of halogens is 4. The molecular weight excluding hydrogens is 303 g/mol. The monoisotopic (exact) mass is 323 g/mol. The third kappa shape index (κ3) is 6.09. The molecule has 0 saturated heterocycles. The fraction of sp³-hybridized carbons (Fsp3) is 0.643. The minimum Gasteiger partial charge on any atom is -0.345 e. The van der Waals surface area contributed by atoms with Gasteiger partial charge in [-0.05, 0) is 26.0 Å². The van der Waals surface area contributed by atoms with Crippen LogP contribution in [0.1, 0.15) is 33.4 Å². The van der Waals surface area contributed by atoms with Gasteiger partial charge in [-0.1, -0.05) is 25.4 Å². The van der Waals surface area contributed by atoms with Crippen molar-refractivity contribution >= 4 is 17.4 Å². The van der Waals surface area contributed by atoms with E-state index in [0.717, 1.165) is 0 Å². The molecule has 0 spiro atoms. The van der Waals surface area contributed by atoms with Crippen LogP contribution >= 0.6 is 11.6 Å². The van der Waals surface area contributed by atoms with Gasteiger partial charge in [0.25, 0.3) is 0 Å². The Morgan fingerprint density at radius 3 is 2.33 bits per heavy atom. The maximum Gasteiger partial charge on any atom is 0.405 e. The number of nitrogens with zero attached hydrogens (tertiary/aromatic N) is 2. The molecule has 0 bridgehead atoms. The van der Waals surface area contributed by atoms with Crippen molar-refractivity contribution in [1.82, 2.24) is 10.3 Å². The second-order valence-electron chi connectivity index (χ2n) is 5.47. The molecule has 7 heteroatoms. The summed E-state index contributed by atoms with van der Waals surface area (Å²) in [7, 11) is 0. The molecule has 21 heavy (non-hydrogen) atoms. The first kappa shape index (κ1) is 18.0. The summed E-state index contributed by atoms with van der Waals surface area (Å²) in [5.41, 5.74) is 0.552. The predicted octanol–water partition coefficient (Wildman–Crippen LogP) is 4.01. The number of hydrogen-bond donors (Lipinski definition) is 1. The normalized spacial score (nSPS) is 12.3. The van der Waals surface area contributed by atoms with Crippen molar-refractivity contribution in [3.63, 3.8) is 0 Å². The summed E-state index contributed by atoms with van der Waals surface area (Å²) in [5, 5.41) is 3.61. The molecule has 0 unspecified atom stereocenters. The molecule has 1 heterocycles. The van der Waals surface area contributed by atoms with Gasteiger partial charge in [0, 0.05) is 18.6 Å². The molecule has 0 aliphatic carbocycles. The van der Waals surface area contributed by atoms with E-state index < -0.39 is 12.7 Å². The van der Waals surface area contributed by atoms with E-state index in [1.54, 1.807) is 19.9 Å². The van der Waals surface area contributed by atoms with E-state index in [1.165, 1.54) is 11.0 Å². The van der Waals surface area contributed by atoms with Gasteiger partial charge >= 0.3 is 6.18 Å². The first-order chi connectivity index (χ1) is 9.60. The molecule has 120 valence electrons. The molecule has 0 amide bonds. The van der Waals surface area contributed by atoms with E-state index in [9.17, 15) is 13.2 Å². The molecule has 0 saturated carbocycles. The van der Waals surface area contributed by atoms with Crippen LogP contribution in [0.5, 0.6) is 0 Å². The van der Waals surface area contributed by atoms with Gasteiger partial charge in [0.05, 0.1) is 10.7 Å². The summed E-state index contributed by atoms with van der Waals surface area (Å²) >= 11 is 6.05. The number of pyridine rings is 1. The lowest BCUT2D eigenvalue weighted by molar-refractivity contribution is -0.120. The van der Waals surface area contributed by atoms with Gasteiger partial charge < -0.3 is 10.2 Å². The largest absolute Gasteiger partial charge is 0.405 e. The molecule has 0 aliphatic heterocycles. The zero-order valence-corrected chi connectivity index (χ0v) is 13.4. The van der Waals surface area contributed by atoms with Crippen LogP contribution in [-0.2, 0) is 6.54 Å². The molecule has 0 fully saturated rings. The van der Waals surface area contributed by atoms with E-state index >= 15 is 0 Å². The van der Waals surface area contributed by atoms with Crippen molar-refractivity contribution in [2.24, 2.45) is 0 Å². The predicted molar refractivity (Wildman–Crippen MR) is 79.8 cm³/mol. The number of anilines is 1. The van der Waals surface area contributed by atoms with E-state index in [1.807, 2.05) is 13.8 Å². The van der Waals surface area contributed by atoms with Crippen molar-refractivity contribution in [1.29, 1.82) is 0 Å². The van der Waals surface area contributed by atoms with Gasteiger partial charge in [-0.15, -0.1) is 0 Å². The number of aromatic nitrogens is 1. The van der Waals surface area contributed by atoms with Crippen LogP contribution in [0.25, 0.3) is 0 Å². The second kappa shape index (κ2) is 7.31. The van der Waals surface area contributed by atoms with Crippen molar-refractivity contribution in [3.05, 3.63) is 22.8 Å². The zero-order valence-electron chi connectivity index (χ0n) is 12.6. The number of alkyl halides is 3. The molecule has 0 aromatic carbocycles. The average Bonchev–Trinajstić information content (AvgIpc) is 2.33. The van der Waals surface area contributed by atoms with Crippen LogP contribution in [0.2, 0.25) is 5.02 Å². The average molecular weight is 324 g/mol. The molecule has 3 nitrogen and oxygen atoms in total. The molecule has 1 aromatic heterocycles. The summed E-state index contributed by atoms with van der Waals surface area (Å²) in [6.07, 6.45) is -4.28. The van der Waals surface area contributed by atoms with E-state index in [0.29, 0.717) is 17.3 Å². The van der Waals surface area contributed by atoms with Crippen molar-refractivity contribution in [2.45, 2.75) is 52.5 Å². The molecular formula is C14H21ClF3N3. The van der Waals surface area contributed by atoms with Gasteiger partial charge in [0.2, 0.25) is 0 Å². The molecule has 0 atom stereocenters. The Hall–Kier alpha value is -1.01. The Bertz CT molecular complexity index is 461. The molecule has 1 N–H and O–H groups in total. The zero-order chi connectivity index (χ0) is 16.2. The Balaban J connectivity index is 3.01. The minimum atomic E-state index is -4.28. The summed E-state index contributed by atoms with van der Waals surface area (Å²) in [6, 6.07) is 3.04. The quantitative estimate of drug-likeness (QED) is 0.857. The highest BCUT2D eigenvalue weighted by atomic mass is 35.5. The summed E-state index contributed by atoms with van der Waals surface area (Å²) in [5.74, 6) is 0.285. The van der Waals surface area contributed by atoms with Gasteiger partial charge in [-0.25, -0.2) is 4.98 Å². The summed E-state index contributed by atoms with van der Waals surface area (Å²) < 4.78 is 38.0. The van der Waals surface area contributed by atoms with Crippen molar-refractivity contribution in [3.8, 4) is 0 Å². The smallest absolute Gasteiger partial charge is 0.345 e. The highest BCUT2D eigenvalue weighted by Gasteiger charge is 2.32. The third-order valence-corrected chi connectivity index (χ3v) is 3.19. The number of nitrogens with one attached hydrogen (secondary N) is 1. The van der Waals surface area contributed by atoms with Crippen LogP contribution in [-0.4, -0.2) is 29.8 Å². The molecule has 0 aliphatic rings. The number of hydrogen-bond acceptors (Lipinski definition) is 3. The lowest BCUT2D eigenvalue weighted by atomic mass is 10.2. The van der Waals surface area contributed by atoms with Gasteiger partial charge in [-0.3, -0.25) is 0 Å². The fourth-order valence-electron chi connectivity index (χ4n) is 1.78. The third-order valence-electron chi connectivity index (χ3n) is 2.85. The van der Waals surface area contributed by atoms with Crippen LogP contribution in [0, 0.1) is 0 Å². The standard InChI is InChI=1S/C14H21ClF3N3/c1-9(2)19-7-12-11(15)5-6-13(20-12)21(10(3)4)8-14(16,17)18/h5-6,9-10,19H,7-8H2,1-4H3. The van der Waals surface area contributed by atoms with Gasteiger partial charge in [-0.2, -0.15) is 13.2 Å². The molecule has 0 radical (unpaired) electrons. The topological polar surface area (TPSA) is 28.2 Å². The maximum absolute atomic E-state index is 12.7. The summed E-state index contributed by atoms with van der Waals surface area (Å²) in [6.45, 7) is 6.74. The van der Waals surface area contributed by atoms with Crippen molar-refractivity contribution in [2.75, 3.05) is 11.4 Å². The highest BCUT2D eigenvalue weighted by Crippen LogP contribution is 2.25. The lowest BCUT2D eigenvalue weighted by Gasteiger charge is -2.29. The van der Waals surface area contributed by atoms with Crippen molar-refractivity contribution < 1.29 is 13.2 Å². The first-order valence-corrected chi connectivity index (χ1v) is 7.20. The Morgan fingerprint density at radius 2 is 1.86 bits per heavy atom. The van der Waals surface area contributed by atoms with Gasteiger partial charge in [0.15, 0.2) is 0 Å². The first-order valence-electron chi connectivity index (χ1n) is 6.82. The molecule has 1 aromatic rings. The van der Waals surface area contributed by atoms with Gasteiger partial charge in [0.1, 0.15) is 12.4 Å². The molecule has 1 rings (SSSR count). The van der Waals surface area contributed by atoms with E-state index in [4.69, 9.17) is 11.6 Å². The summed E-state index contributed by atoms with van der Waals surface area (Å²) in [4.78, 5) is 5.50. The SMILES string of the molecule is CC(C)NCc1nc(N(CC(F)(F)F)C(C)C)ccc1Cl. The van der Waals surface area contributed by atoms with Crippen LogP contribution in [0.3, 0.4) is 0 Å². The Kier molecular flexibility index (Phi) is 6.28. The Labute approximate surface area is 128 Å². The highest BCUT2D eigenvalue weighted by molar-refractivity contribution is 6.31. The number of rotatable bonds is 6. The minimum absolute atomic E-state index is 0.239. The second-order valence-corrected chi connectivity index (χ2v) is 5.88. The van der Waals surface area contributed by atoms with E-state index in [-0.39, 0.29) is 17.9 Å². The van der Waals surface area contributed by atoms with Crippen LogP contribution in [0.4, 0.5) is 19.0 Å². The van der Waals surface area contributed by atoms with E-state index in [2.05, 4.69) is 10.3 Å². The van der Waals surface area contributed by atoms with Crippen LogP contribution < -0.4 is 10.2 Å². The lowest BCUT2D eigenvalue weighted by Crippen LogP contribution is -2.39.